The molecule has 0 amide bonds. The van der Waals surface area contributed by atoms with Crippen molar-refractivity contribution in [2.24, 2.45) is 0 Å². The molecule has 14 heavy (non-hydrogen) atoms. The van der Waals surface area contributed by atoms with E-state index >= 15 is 0 Å². The van der Waals surface area contributed by atoms with E-state index in [9.17, 15) is 0 Å². The summed E-state index contributed by atoms with van der Waals surface area (Å²) >= 11 is 7.06. The van der Waals surface area contributed by atoms with Crippen LogP contribution in [-0.2, 0) is 0 Å². The predicted octanol–water partition coefficient (Wildman–Crippen LogP) is 2.57. The SMILES string of the molecule is Nc1ccc(Oc2ncns2)c(Cl)c1. The first-order valence-electron chi connectivity index (χ1n) is 3.75. The summed E-state index contributed by atoms with van der Waals surface area (Å²) in [4.78, 5) is 3.87. The molecule has 0 unspecified atom stereocenters. The molecule has 0 radical (unpaired) electrons. The first-order valence-corrected chi connectivity index (χ1v) is 4.90. The second kappa shape index (κ2) is 3.81. The molecular weight excluding hydrogens is 222 g/mol. The summed E-state index contributed by atoms with van der Waals surface area (Å²) in [6, 6.07) is 5.03. The maximum absolute atomic E-state index is 5.90. The Morgan fingerprint density at radius 3 is 2.93 bits per heavy atom. The van der Waals surface area contributed by atoms with Crippen LogP contribution >= 0.6 is 23.1 Å². The third-order valence-electron chi connectivity index (χ3n) is 1.49. The standard InChI is InChI=1S/C8H6ClN3OS/c9-6-3-5(10)1-2-7(6)13-8-11-4-12-14-8/h1-4H,10H2. The maximum atomic E-state index is 5.90. The van der Waals surface area contributed by atoms with E-state index in [1.165, 1.54) is 6.33 Å². The highest BCUT2D eigenvalue weighted by molar-refractivity contribution is 7.07. The van der Waals surface area contributed by atoms with Gasteiger partial charge >= 0.3 is 0 Å². The lowest BCUT2D eigenvalue weighted by Crippen LogP contribution is -1.87. The van der Waals surface area contributed by atoms with E-state index in [1.54, 1.807) is 18.2 Å². The van der Waals surface area contributed by atoms with Gasteiger partial charge in [0.15, 0.2) is 0 Å². The summed E-state index contributed by atoms with van der Waals surface area (Å²) in [7, 11) is 0. The van der Waals surface area contributed by atoms with Gasteiger partial charge in [0.1, 0.15) is 12.1 Å². The summed E-state index contributed by atoms with van der Waals surface area (Å²) in [6.07, 6.45) is 1.42. The Kier molecular flexibility index (Phi) is 2.51. The summed E-state index contributed by atoms with van der Waals surface area (Å²) in [5, 5.41) is 0.914. The lowest BCUT2D eigenvalue weighted by atomic mass is 10.3. The van der Waals surface area contributed by atoms with Crippen LogP contribution in [0.25, 0.3) is 0 Å². The number of rotatable bonds is 2. The Labute approximate surface area is 89.5 Å². The van der Waals surface area contributed by atoms with Crippen LogP contribution in [0.15, 0.2) is 24.5 Å². The third-order valence-corrected chi connectivity index (χ3v) is 2.33. The highest BCUT2D eigenvalue weighted by Crippen LogP contribution is 2.30. The van der Waals surface area contributed by atoms with Gasteiger partial charge in [0.25, 0.3) is 5.19 Å². The monoisotopic (exact) mass is 227 g/mol. The fourth-order valence-electron chi connectivity index (χ4n) is 0.902. The molecule has 2 N–H and O–H groups in total. The van der Waals surface area contributed by atoms with Crippen LogP contribution in [0.2, 0.25) is 5.02 Å². The quantitative estimate of drug-likeness (QED) is 0.801. The molecule has 1 heterocycles. The van der Waals surface area contributed by atoms with Crippen molar-refractivity contribution in [3.05, 3.63) is 29.5 Å². The lowest BCUT2D eigenvalue weighted by molar-refractivity contribution is 0.479. The van der Waals surface area contributed by atoms with Gasteiger partial charge in [-0.2, -0.15) is 9.36 Å². The van der Waals surface area contributed by atoms with Crippen molar-refractivity contribution < 1.29 is 4.74 Å². The van der Waals surface area contributed by atoms with Gasteiger partial charge in [-0.3, -0.25) is 0 Å². The fraction of sp³-hybridized carbons (Fsp3) is 0. The summed E-state index contributed by atoms with van der Waals surface area (Å²) in [5.41, 5.74) is 6.13. The molecule has 0 fully saturated rings. The maximum Gasteiger partial charge on any atom is 0.298 e. The van der Waals surface area contributed by atoms with Crippen LogP contribution in [0.1, 0.15) is 0 Å². The van der Waals surface area contributed by atoms with Crippen molar-refractivity contribution in [1.29, 1.82) is 0 Å². The van der Waals surface area contributed by atoms with Crippen molar-refractivity contribution in [2.45, 2.75) is 0 Å². The van der Waals surface area contributed by atoms with Gasteiger partial charge in [-0.25, -0.2) is 0 Å². The Balaban J connectivity index is 2.25. The van der Waals surface area contributed by atoms with Gasteiger partial charge in [-0.15, -0.1) is 0 Å². The van der Waals surface area contributed by atoms with E-state index in [-0.39, 0.29) is 0 Å². The van der Waals surface area contributed by atoms with Crippen LogP contribution in [-0.4, -0.2) is 9.36 Å². The van der Waals surface area contributed by atoms with E-state index in [4.69, 9.17) is 22.1 Å². The number of nitrogens with zero attached hydrogens (tertiary/aromatic N) is 2. The van der Waals surface area contributed by atoms with Crippen molar-refractivity contribution in [3.63, 3.8) is 0 Å². The molecule has 1 aromatic heterocycles. The molecule has 2 aromatic rings. The minimum absolute atomic E-state index is 0.455. The molecule has 0 aliphatic carbocycles. The van der Waals surface area contributed by atoms with E-state index in [0.29, 0.717) is 21.7 Å². The number of halogens is 1. The van der Waals surface area contributed by atoms with Crippen LogP contribution in [0.4, 0.5) is 5.69 Å². The highest BCUT2D eigenvalue weighted by atomic mass is 35.5. The molecule has 0 saturated heterocycles. The number of nitrogens with two attached hydrogens (primary N) is 1. The first-order chi connectivity index (χ1) is 6.75. The topological polar surface area (TPSA) is 61.0 Å². The van der Waals surface area contributed by atoms with Gasteiger partial charge in [-0.05, 0) is 18.2 Å². The normalized spacial score (nSPS) is 10.1. The molecular formula is C8H6ClN3OS. The molecule has 1 aromatic carbocycles. The minimum atomic E-state index is 0.455. The predicted molar refractivity (Wildman–Crippen MR) is 55.8 cm³/mol. The molecule has 6 heteroatoms. The van der Waals surface area contributed by atoms with Crippen molar-refractivity contribution in [2.75, 3.05) is 5.73 Å². The zero-order valence-corrected chi connectivity index (χ0v) is 8.55. The largest absolute Gasteiger partial charge is 0.428 e. The molecule has 0 spiro atoms. The second-order valence-electron chi connectivity index (χ2n) is 2.50. The third kappa shape index (κ3) is 1.94. The Morgan fingerprint density at radius 2 is 2.29 bits per heavy atom. The number of benzene rings is 1. The molecule has 0 aliphatic rings. The first kappa shape index (κ1) is 9.23. The van der Waals surface area contributed by atoms with Crippen molar-refractivity contribution >= 4 is 28.8 Å². The van der Waals surface area contributed by atoms with E-state index < -0.39 is 0 Å². The Hall–Kier alpha value is -1.33. The molecule has 0 saturated carbocycles. The number of nitrogen functional groups attached to an aromatic ring is 1. The van der Waals surface area contributed by atoms with Gasteiger partial charge in [0.05, 0.1) is 5.02 Å². The molecule has 2 rings (SSSR count). The van der Waals surface area contributed by atoms with Gasteiger partial charge in [0, 0.05) is 17.2 Å². The zero-order chi connectivity index (χ0) is 9.97. The molecule has 4 nitrogen and oxygen atoms in total. The Morgan fingerprint density at radius 1 is 1.43 bits per heavy atom. The lowest BCUT2D eigenvalue weighted by Gasteiger charge is -2.03. The smallest absolute Gasteiger partial charge is 0.298 e. The molecule has 72 valence electrons. The average molecular weight is 228 g/mol. The summed E-state index contributed by atoms with van der Waals surface area (Å²) in [6.45, 7) is 0. The average Bonchev–Trinajstić information content (AvgIpc) is 2.62. The fourth-order valence-corrected chi connectivity index (χ4v) is 1.54. The van der Waals surface area contributed by atoms with Gasteiger partial charge < -0.3 is 10.5 Å². The van der Waals surface area contributed by atoms with Gasteiger partial charge in [-0.1, -0.05) is 11.6 Å². The van der Waals surface area contributed by atoms with Crippen LogP contribution < -0.4 is 10.5 Å². The van der Waals surface area contributed by atoms with Crippen LogP contribution in [0, 0.1) is 0 Å². The summed E-state index contributed by atoms with van der Waals surface area (Å²) < 4.78 is 9.16. The number of hydrogen-bond acceptors (Lipinski definition) is 5. The molecule has 0 bridgehead atoms. The van der Waals surface area contributed by atoms with Crippen LogP contribution in [0.3, 0.4) is 0 Å². The number of hydrogen-bond donors (Lipinski definition) is 1. The van der Waals surface area contributed by atoms with E-state index in [0.717, 1.165) is 11.5 Å². The Bertz CT molecular complexity index is 432. The zero-order valence-electron chi connectivity index (χ0n) is 6.98. The second-order valence-corrected chi connectivity index (χ2v) is 3.65. The van der Waals surface area contributed by atoms with E-state index in [2.05, 4.69) is 9.36 Å². The molecule has 0 atom stereocenters. The number of ether oxygens (including phenoxy) is 1. The molecule has 0 aliphatic heterocycles. The number of anilines is 1. The highest BCUT2D eigenvalue weighted by Gasteiger charge is 2.05. The summed E-state index contributed by atoms with van der Waals surface area (Å²) in [5.74, 6) is 0.526. The van der Waals surface area contributed by atoms with Crippen molar-refractivity contribution in [3.8, 4) is 10.9 Å². The number of aromatic nitrogens is 2. The van der Waals surface area contributed by atoms with Gasteiger partial charge in [0.2, 0.25) is 0 Å². The van der Waals surface area contributed by atoms with Crippen molar-refractivity contribution in [1.82, 2.24) is 9.36 Å². The van der Waals surface area contributed by atoms with E-state index in [1.807, 2.05) is 0 Å². The minimum Gasteiger partial charge on any atom is -0.428 e. The van der Waals surface area contributed by atoms with Crippen LogP contribution in [0.5, 0.6) is 10.9 Å².